The van der Waals surface area contributed by atoms with Crippen molar-refractivity contribution >= 4 is 62.6 Å². The minimum Gasteiger partial charge on any atom is -0.465 e. The highest BCUT2D eigenvalue weighted by atomic mass is 32.1. The molecule has 9 heteroatoms. The van der Waals surface area contributed by atoms with Gasteiger partial charge in [-0.25, -0.2) is 9.59 Å². The van der Waals surface area contributed by atoms with E-state index in [0.29, 0.717) is 27.5 Å². The van der Waals surface area contributed by atoms with Crippen molar-refractivity contribution in [1.82, 2.24) is 0 Å². The summed E-state index contributed by atoms with van der Waals surface area (Å²) in [6, 6.07) is 1.74. The van der Waals surface area contributed by atoms with E-state index in [9.17, 15) is 9.59 Å². The van der Waals surface area contributed by atoms with Crippen LogP contribution in [0.1, 0.15) is 37.4 Å². The Morgan fingerprint density at radius 1 is 1.20 bits per heavy atom. The normalized spacial score (nSPS) is 10.2. The van der Waals surface area contributed by atoms with Gasteiger partial charge in [-0.2, -0.15) is 0 Å². The number of methoxy groups -OCH3 is 2. The molecule has 0 amide bonds. The number of anilines is 2. The molecular weight excluding hydrogens is 380 g/mol. The molecule has 0 bridgehead atoms. The molecule has 0 aliphatic heterocycles. The quantitative estimate of drug-likeness (QED) is 0.581. The van der Waals surface area contributed by atoms with Gasteiger partial charge in [0, 0.05) is 4.88 Å². The smallest absolute Gasteiger partial charge is 0.350 e. The van der Waals surface area contributed by atoms with E-state index in [1.54, 1.807) is 11.4 Å². The molecule has 0 unspecified atom stereocenters. The number of ether oxygens (including phenoxy) is 2. The first-order valence-corrected chi connectivity index (χ1v) is 9.47. The molecule has 2 aromatic rings. The highest BCUT2D eigenvalue weighted by molar-refractivity contribution is 7.80. The van der Waals surface area contributed by atoms with Crippen LogP contribution in [-0.2, 0) is 15.9 Å². The molecule has 2 heterocycles. The maximum Gasteiger partial charge on any atom is 0.350 e. The van der Waals surface area contributed by atoms with Crippen LogP contribution in [0, 0.1) is 6.92 Å². The molecule has 2 rings (SSSR count). The van der Waals surface area contributed by atoms with E-state index in [2.05, 4.69) is 10.6 Å². The van der Waals surface area contributed by atoms with Gasteiger partial charge < -0.3 is 20.1 Å². The lowest BCUT2D eigenvalue weighted by molar-refractivity contribution is 0.0595. The molecule has 0 aliphatic rings. The predicted octanol–water partition coefficient (Wildman–Crippen LogP) is 4.06. The van der Waals surface area contributed by atoms with Crippen molar-refractivity contribution in [2.45, 2.75) is 20.3 Å². The van der Waals surface area contributed by atoms with Crippen LogP contribution in [0.15, 0.2) is 11.4 Å². The summed E-state index contributed by atoms with van der Waals surface area (Å²) in [6.45, 7) is 3.93. The van der Waals surface area contributed by atoms with Crippen LogP contribution in [0.3, 0.4) is 0 Å². The maximum atomic E-state index is 12.1. The first kappa shape index (κ1) is 19.4. The predicted molar refractivity (Wildman–Crippen MR) is 105 cm³/mol. The van der Waals surface area contributed by atoms with Gasteiger partial charge in [-0.15, -0.1) is 22.7 Å². The molecule has 0 saturated heterocycles. The Hall–Kier alpha value is -1.97. The lowest BCUT2D eigenvalue weighted by atomic mass is 10.1. The van der Waals surface area contributed by atoms with Crippen molar-refractivity contribution in [2.24, 2.45) is 0 Å². The Morgan fingerprint density at radius 3 is 2.48 bits per heavy atom. The van der Waals surface area contributed by atoms with Gasteiger partial charge in [-0.05, 0) is 42.6 Å². The number of nitrogens with one attached hydrogen (secondary N) is 2. The van der Waals surface area contributed by atoms with Crippen molar-refractivity contribution in [3.8, 4) is 0 Å². The third kappa shape index (κ3) is 4.17. The summed E-state index contributed by atoms with van der Waals surface area (Å²) in [5.74, 6) is -0.840. The van der Waals surface area contributed by atoms with Gasteiger partial charge in [0.05, 0.1) is 25.5 Å². The average molecular weight is 399 g/mol. The molecule has 6 nitrogen and oxygen atoms in total. The Bertz CT molecular complexity index is 810. The van der Waals surface area contributed by atoms with Crippen molar-refractivity contribution < 1.29 is 19.1 Å². The summed E-state index contributed by atoms with van der Waals surface area (Å²) in [5.41, 5.74) is 1.99. The van der Waals surface area contributed by atoms with Gasteiger partial charge in [0.15, 0.2) is 5.11 Å². The van der Waals surface area contributed by atoms with E-state index in [1.807, 2.05) is 13.8 Å². The average Bonchev–Trinajstić information content (AvgIpc) is 3.17. The number of aryl methyl sites for hydroxylation is 1. The van der Waals surface area contributed by atoms with Crippen molar-refractivity contribution in [2.75, 3.05) is 24.9 Å². The van der Waals surface area contributed by atoms with Crippen LogP contribution in [0.2, 0.25) is 0 Å². The minimum atomic E-state index is -0.434. The molecule has 0 atom stereocenters. The van der Waals surface area contributed by atoms with Crippen LogP contribution < -0.4 is 10.6 Å². The fraction of sp³-hybridized carbons (Fsp3) is 0.312. The van der Waals surface area contributed by atoms with E-state index < -0.39 is 11.9 Å². The summed E-state index contributed by atoms with van der Waals surface area (Å²) < 4.78 is 9.63. The second-order valence-corrected chi connectivity index (χ2v) is 7.47. The number of carbonyl (C=O) groups excluding carboxylic acids is 2. The molecule has 0 radical (unpaired) electrons. The summed E-state index contributed by atoms with van der Waals surface area (Å²) in [5, 5.41) is 8.66. The SMILES string of the molecule is CCc1c(C)sc(NC(=S)Nc2ccsc2C(=O)OC)c1C(=O)OC. The van der Waals surface area contributed by atoms with Crippen molar-refractivity contribution in [1.29, 1.82) is 0 Å². The Kier molecular flexibility index (Phi) is 6.51. The first-order chi connectivity index (χ1) is 11.9. The number of carbonyl (C=O) groups is 2. The van der Waals surface area contributed by atoms with Crippen LogP contribution in [0.5, 0.6) is 0 Å². The Balaban J connectivity index is 2.23. The molecule has 25 heavy (non-hydrogen) atoms. The topological polar surface area (TPSA) is 76.7 Å². The first-order valence-electron chi connectivity index (χ1n) is 7.37. The van der Waals surface area contributed by atoms with E-state index in [4.69, 9.17) is 21.7 Å². The zero-order chi connectivity index (χ0) is 18.6. The van der Waals surface area contributed by atoms with Crippen LogP contribution in [0.4, 0.5) is 10.7 Å². The second kappa shape index (κ2) is 8.41. The number of hydrogen-bond donors (Lipinski definition) is 2. The zero-order valence-electron chi connectivity index (χ0n) is 14.2. The molecule has 0 spiro atoms. The second-order valence-electron chi connectivity index (χ2n) is 4.92. The molecule has 0 aromatic carbocycles. The van der Waals surface area contributed by atoms with Crippen LogP contribution in [0.25, 0.3) is 0 Å². The summed E-state index contributed by atoms with van der Waals surface area (Å²) >= 11 is 8.02. The van der Waals surface area contributed by atoms with Crippen molar-refractivity contribution in [3.63, 3.8) is 0 Å². The molecular formula is C16H18N2O4S3. The van der Waals surface area contributed by atoms with E-state index in [0.717, 1.165) is 10.4 Å². The molecule has 2 aromatic heterocycles. The van der Waals surface area contributed by atoms with E-state index >= 15 is 0 Å². The summed E-state index contributed by atoms with van der Waals surface area (Å²) in [7, 11) is 2.68. The van der Waals surface area contributed by atoms with Gasteiger partial charge in [-0.3, -0.25) is 0 Å². The lowest BCUT2D eigenvalue weighted by Crippen LogP contribution is -2.21. The van der Waals surface area contributed by atoms with Crippen LogP contribution in [-0.4, -0.2) is 31.3 Å². The third-order valence-corrected chi connectivity index (χ3v) is 5.62. The number of hydrogen-bond acceptors (Lipinski definition) is 7. The minimum absolute atomic E-state index is 0.276. The fourth-order valence-electron chi connectivity index (χ4n) is 2.33. The lowest BCUT2D eigenvalue weighted by Gasteiger charge is -2.11. The van der Waals surface area contributed by atoms with Gasteiger partial charge in [0.1, 0.15) is 9.88 Å². The molecule has 0 aliphatic carbocycles. The van der Waals surface area contributed by atoms with Gasteiger partial charge in [0.2, 0.25) is 0 Å². The number of rotatable bonds is 5. The number of esters is 2. The van der Waals surface area contributed by atoms with Crippen LogP contribution >= 0.6 is 34.9 Å². The molecule has 134 valence electrons. The number of thiocarbonyl (C=S) groups is 1. The molecule has 2 N–H and O–H groups in total. The summed E-state index contributed by atoms with van der Waals surface area (Å²) in [6.07, 6.45) is 0.714. The molecule has 0 fully saturated rings. The fourth-order valence-corrected chi connectivity index (χ4v) is 4.51. The maximum absolute atomic E-state index is 12.1. The molecule has 0 saturated carbocycles. The zero-order valence-corrected chi connectivity index (χ0v) is 16.7. The van der Waals surface area contributed by atoms with Gasteiger partial charge in [-0.1, -0.05) is 6.92 Å². The van der Waals surface area contributed by atoms with Gasteiger partial charge in [0.25, 0.3) is 0 Å². The third-order valence-electron chi connectivity index (χ3n) is 3.46. The van der Waals surface area contributed by atoms with Crippen molar-refractivity contribution in [3.05, 3.63) is 32.3 Å². The van der Waals surface area contributed by atoms with Gasteiger partial charge >= 0.3 is 11.9 Å². The Labute approximate surface area is 159 Å². The monoisotopic (exact) mass is 398 g/mol. The van der Waals surface area contributed by atoms with E-state index in [-0.39, 0.29) is 5.11 Å². The summed E-state index contributed by atoms with van der Waals surface area (Å²) in [4.78, 5) is 25.3. The van der Waals surface area contributed by atoms with E-state index in [1.165, 1.54) is 36.9 Å². The Morgan fingerprint density at radius 2 is 1.88 bits per heavy atom. The number of thiophene rings is 2. The highest BCUT2D eigenvalue weighted by Crippen LogP contribution is 2.34. The standard InChI is InChI=1S/C16H18N2O4S3/c1-5-9-8(2)25-13(11(9)14(19)21-3)18-16(23)17-10-6-7-24-12(10)15(20)22-4/h6-7H,5H2,1-4H3,(H2,17,18,23). The largest absolute Gasteiger partial charge is 0.465 e. The highest BCUT2D eigenvalue weighted by Gasteiger charge is 2.23.